The summed E-state index contributed by atoms with van der Waals surface area (Å²) in [5.41, 5.74) is 2.18. The molecule has 2 aromatic rings. The average molecular weight is 262 g/mol. The molecule has 1 atom stereocenters. The maximum absolute atomic E-state index is 6.20. The minimum atomic E-state index is 0.354. The third-order valence-electron chi connectivity index (χ3n) is 3.51. The van der Waals surface area contributed by atoms with E-state index < -0.39 is 0 Å². The molecule has 3 rings (SSSR count). The summed E-state index contributed by atoms with van der Waals surface area (Å²) in [6.07, 6.45) is 1.85. The number of piperazine rings is 1. The Morgan fingerprint density at radius 2 is 2.28 bits per heavy atom. The van der Waals surface area contributed by atoms with Crippen LogP contribution < -0.4 is 5.32 Å². The van der Waals surface area contributed by atoms with Crippen molar-refractivity contribution in [2.75, 3.05) is 26.7 Å². The lowest BCUT2D eigenvalue weighted by atomic mass is 10.0. The molecule has 0 amide bonds. The molecule has 0 aliphatic carbocycles. The van der Waals surface area contributed by atoms with E-state index >= 15 is 0 Å². The molecule has 1 aromatic carbocycles. The molecular weight excluding hydrogens is 246 g/mol. The molecule has 3 nitrogen and oxygen atoms in total. The van der Waals surface area contributed by atoms with Crippen molar-refractivity contribution in [3.05, 3.63) is 41.0 Å². The van der Waals surface area contributed by atoms with Crippen LogP contribution in [-0.4, -0.2) is 36.6 Å². The smallest absolute Gasteiger partial charge is 0.0891 e. The zero-order chi connectivity index (χ0) is 12.5. The molecule has 0 spiro atoms. The zero-order valence-corrected chi connectivity index (χ0v) is 11.1. The molecule has 1 N–H and O–H groups in total. The normalized spacial score (nSPS) is 21.3. The first-order chi connectivity index (χ1) is 8.75. The number of nitrogens with one attached hydrogen (secondary N) is 1. The first-order valence-electron chi connectivity index (χ1n) is 6.21. The first kappa shape index (κ1) is 11.9. The van der Waals surface area contributed by atoms with E-state index in [1.807, 2.05) is 18.3 Å². The molecule has 0 bridgehead atoms. The second-order valence-corrected chi connectivity index (χ2v) is 5.21. The van der Waals surface area contributed by atoms with Crippen LogP contribution >= 0.6 is 11.6 Å². The zero-order valence-electron chi connectivity index (χ0n) is 10.4. The second-order valence-electron chi connectivity index (χ2n) is 4.81. The molecule has 1 unspecified atom stereocenters. The molecule has 1 saturated heterocycles. The number of nitrogens with zero attached hydrogens (tertiary/aromatic N) is 2. The highest BCUT2D eigenvalue weighted by atomic mass is 35.5. The van der Waals surface area contributed by atoms with Crippen LogP contribution in [0.3, 0.4) is 0 Å². The van der Waals surface area contributed by atoms with Crippen LogP contribution in [0.1, 0.15) is 11.6 Å². The summed E-state index contributed by atoms with van der Waals surface area (Å²) in [7, 11) is 2.16. The van der Waals surface area contributed by atoms with Gasteiger partial charge in [-0.05, 0) is 24.7 Å². The van der Waals surface area contributed by atoms with E-state index in [-0.39, 0.29) is 0 Å². The fourth-order valence-electron chi connectivity index (χ4n) is 2.57. The maximum Gasteiger partial charge on any atom is 0.0891 e. The summed E-state index contributed by atoms with van der Waals surface area (Å²) in [5, 5.41) is 5.44. The quantitative estimate of drug-likeness (QED) is 0.855. The number of hydrogen-bond donors (Lipinski definition) is 1. The number of rotatable bonds is 1. The van der Waals surface area contributed by atoms with Gasteiger partial charge in [0.15, 0.2) is 0 Å². The van der Waals surface area contributed by atoms with E-state index in [0.717, 1.165) is 35.6 Å². The molecule has 0 radical (unpaired) electrons. The van der Waals surface area contributed by atoms with E-state index in [9.17, 15) is 0 Å². The van der Waals surface area contributed by atoms with Gasteiger partial charge in [-0.15, -0.1) is 0 Å². The van der Waals surface area contributed by atoms with Gasteiger partial charge < -0.3 is 10.2 Å². The first-order valence-corrected chi connectivity index (χ1v) is 6.58. The number of pyridine rings is 1. The second kappa shape index (κ2) is 4.84. The van der Waals surface area contributed by atoms with Crippen molar-refractivity contribution in [3.8, 4) is 0 Å². The molecule has 1 aliphatic heterocycles. The van der Waals surface area contributed by atoms with E-state index in [1.165, 1.54) is 5.56 Å². The molecule has 4 heteroatoms. The van der Waals surface area contributed by atoms with E-state index in [4.69, 9.17) is 11.6 Å². The van der Waals surface area contributed by atoms with Crippen molar-refractivity contribution < 1.29 is 0 Å². The lowest BCUT2D eigenvalue weighted by Gasteiger charge is -2.31. The molecule has 94 valence electrons. The van der Waals surface area contributed by atoms with Crippen LogP contribution in [0.25, 0.3) is 10.9 Å². The lowest BCUT2D eigenvalue weighted by Crippen LogP contribution is -2.43. The molecule has 18 heavy (non-hydrogen) atoms. The lowest BCUT2D eigenvalue weighted by molar-refractivity contribution is 0.241. The predicted octanol–water partition coefficient (Wildman–Crippen LogP) is 2.46. The fraction of sp³-hybridized carbons (Fsp3) is 0.357. The minimum absolute atomic E-state index is 0.354. The van der Waals surface area contributed by atoms with Crippen LogP contribution in [0.5, 0.6) is 0 Å². The van der Waals surface area contributed by atoms with Gasteiger partial charge in [0.1, 0.15) is 0 Å². The van der Waals surface area contributed by atoms with Gasteiger partial charge in [-0.2, -0.15) is 0 Å². The van der Waals surface area contributed by atoms with Gasteiger partial charge >= 0.3 is 0 Å². The SMILES string of the molecule is CN1CCNC(c2ccnc3c(Cl)cccc23)C1. The van der Waals surface area contributed by atoms with Crippen molar-refractivity contribution >= 4 is 22.5 Å². The van der Waals surface area contributed by atoms with Crippen LogP contribution in [0.4, 0.5) is 0 Å². The third-order valence-corrected chi connectivity index (χ3v) is 3.81. The molecule has 1 aliphatic rings. The fourth-order valence-corrected chi connectivity index (χ4v) is 2.79. The van der Waals surface area contributed by atoms with E-state index in [0.29, 0.717) is 6.04 Å². The van der Waals surface area contributed by atoms with Crippen LogP contribution in [0, 0.1) is 0 Å². The Balaban J connectivity index is 2.09. The van der Waals surface area contributed by atoms with Gasteiger partial charge in [-0.1, -0.05) is 23.7 Å². The number of likely N-dealkylation sites (N-methyl/N-ethyl adjacent to an activating group) is 1. The Hall–Kier alpha value is -1.16. The maximum atomic E-state index is 6.20. The highest BCUT2D eigenvalue weighted by Gasteiger charge is 2.20. The molecule has 1 aromatic heterocycles. The van der Waals surface area contributed by atoms with Crippen molar-refractivity contribution in [3.63, 3.8) is 0 Å². The Labute approximate surface area is 112 Å². The molecule has 1 fully saturated rings. The third kappa shape index (κ3) is 2.09. The van der Waals surface area contributed by atoms with Crippen LogP contribution in [0.2, 0.25) is 5.02 Å². The van der Waals surface area contributed by atoms with Crippen LogP contribution in [0.15, 0.2) is 30.5 Å². The monoisotopic (exact) mass is 261 g/mol. The van der Waals surface area contributed by atoms with Crippen molar-refractivity contribution in [1.29, 1.82) is 0 Å². The van der Waals surface area contributed by atoms with Crippen LogP contribution in [-0.2, 0) is 0 Å². The summed E-state index contributed by atoms with van der Waals surface area (Å²) in [6.45, 7) is 3.14. The summed E-state index contributed by atoms with van der Waals surface area (Å²) in [4.78, 5) is 6.73. The number of hydrogen-bond acceptors (Lipinski definition) is 3. The van der Waals surface area contributed by atoms with Gasteiger partial charge in [0.25, 0.3) is 0 Å². The van der Waals surface area contributed by atoms with Gasteiger partial charge in [-0.3, -0.25) is 4.98 Å². The van der Waals surface area contributed by atoms with Gasteiger partial charge in [-0.25, -0.2) is 0 Å². The standard InChI is InChI=1S/C14H16ClN3/c1-18-8-7-16-13(9-18)10-5-6-17-14-11(10)3-2-4-12(14)15/h2-6,13,16H,7-9H2,1H3. The highest BCUT2D eigenvalue weighted by molar-refractivity contribution is 6.35. The number of benzene rings is 1. The molecule has 0 saturated carbocycles. The van der Waals surface area contributed by atoms with Gasteiger partial charge in [0.2, 0.25) is 0 Å². The topological polar surface area (TPSA) is 28.2 Å². The predicted molar refractivity (Wildman–Crippen MR) is 75.0 cm³/mol. The Morgan fingerprint density at radius 3 is 3.11 bits per heavy atom. The average Bonchev–Trinajstić information content (AvgIpc) is 2.39. The van der Waals surface area contributed by atoms with E-state index in [1.54, 1.807) is 0 Å². The van der Waals surface area contributed by atoms with E-state index in [2.05, 4.69) is 34.4 Å². The Morgan fingerprint density at radius 1 is 1.39 bits per heavy atom. The minimum Gasteiger partial charge on any atom is -0.308 e. The molecular formula is C14H16ClN3. The molecule has 2 heterocycles. The summed E-state index contributed by atoms with van der Waals surface area (Å²) in [5.74, 6) is 0. The number of para-hydroxylation sites is 1. The summed E-state index contributed by atoms with van der Waals surface area (Å²) < 4.78 is 0. The number of halogens is 1. The number of fused-ring (bicyclic) bond motifs is 1. The largest absolute Gasteiger partial charge is 0.308 e. The Bertz CT molecular complexity index is 570. The van der Waals surface area contributed by atoms with Crippen molar-refractivity contribution in [2.24, 2.45) is 0 Å². The van der Waals surface area contributed by atoms with Gasteiger partial charge in [0.05, 0.1) is 10.5 Å². The highest BCUT2D eigenvalue weighted by Crippen LogP contribution is 2.28. The Kier molecular flexibility index (Phi) is 3.20. The van der Waals surface area contributed by atoms with Crippen molar-refractivity contribution in [1.82, 2.24) is 15.2 Å². The van der Waals surface area contributed by atoms with Gasteiger partial charge in [0, 0.05) is 37.3 Å². The number of aromatic nitrogens is 1. The summed E-state index contributed by atoms with van der Waals surface area (Å²) in [6, 6.07) is 8.42. The van der Waals surface area contributed by atoms with Crippen molar-refractivity contribution in [2.45, 2.75) is 6.04 Å². The summed E-state index contributed by atoms with van der Waals surface area (Å²) >= 11 is 6.20.